The third kappa shape index (κ3) is 5.12. The summed E-state index contributed by atoms with van der Waals surface area (Å²) < 4.78 is 32.4. The molecular formula is C22H22ClN3O4S2. The molecule has 0 aliphatic carbocycles. The number of nitrogens with zero attached hydrogens (tertiary/aromatic N) is 2. The highest BCUT2D eigenvalue weighted by atomic mass is 35.5. The lowest BCUT2D eigenvalue weighted by Crippen LogP contribution is -2.27. The Morgan fingerprint density at radius 2 is 1.91 bits per heavy atom. The molecule has 1 fully saturated rings. The van der Waals surface area contributed by atoms with Crippen LogP contribution in [-0.4, -0.2) is 43.3 Å². The molecule has 0 spiro atoms. The van der Waals surface area contributed by atoms with Gasteiger partial charge in [-0.25, -0.2) is 13.4 Å². The van der Waals surface area contributed by atoms with Crippen LogP contribution in [0.5, 0.6) is 5.75 Å². The van der Waals surface area contributed by atoms with Crippen LogP contribution in [0.2, 0.25) is 5.02 Å². The number of amides is 1. The predicted octanol–water partition coefficient (Wildman–Crippen LogP) is 4.57. The number of thiazole rings is 1. The summed E-state index contributed by atoms with van der Waals surface area (Å²) in [4.78, 5) is 16.9. The van der Waals surface area contributed by atoms with Crippen LogP contribution in [0.1, 0.15) is 18.4 Å². The Hall–Kier alpha value is -2.46. The largest absolute Gasteiger partial charge is 0.483 e. The first-order valence-electron chi connectivity index (χ1n) is 10.1. The molecule has 1 N–H and O–H groups in total. The fourth-order valence-electron chi connectivity index (χ4n) is 3.41. The first-order valence-corrected chi connectivity index (χ1v) is 12.8. The number of carbonyl (C=O) groups excluding carboxylic acids is 1. The quantitative estimate of drug-likeness (QED) is 0.522. The third-order valence-electron chi connectivity index (χ3n) is 5.10. The molecule has 0 bridgehead atoms. The molecule has 168 valence electrons. The van der Waals surface area contributed by atoms with Crippen LogP contribution in [0.15, 0.2) is 52.7 Å². The van der Waals surface area contributed by atoms with Crippen LogP contribution in [0.4, 0.5) is 5.13 Å². The molecule has 0 unspecified atom stereocenters. The molecule has 32 heavy (non-hydrogen) atoms. The van der Waals surface area contributed by atoms with Gasteiger partial charge in [-0.05, 0) is 55.7 Å². The Morgan fingerprint density at radius 3 is 2.59 bits per heavy atom. The molecule has 1 aliphatic rings. The minimum Gasteiger partial charge on any atom is -0.483 e. The number of ether oxygens (including phenoxy) is 1. The maximum absolute atomic E-state index is 12.7. The smallest absolute Gasteiger partial charge is 0.264 e. The van der Waals surface area contributed by atoms with Gasteiger partial charge in [-0.15, -0.1) is 11.3 Å². The minimum atomic E-state index is -3.45. The lowest BCUT2D eigenvalue weighted by atomic mass is 10.2. The minimum absolute atomic E-state index is 0.152. The zero-order chi connectivity index (χ0) is 22.7. The van der Waals surface area contributed by atoms with Crippen LogP contribution in [-0.2, 0) is 14.8 Å². The highest BCUT2D eigenvalue weighted by Crippen LogP contribution is 2.28. The van der Waals surface area contributed by atoms with E-state index in [0.717, 1.165) is 24.0 Å². The molecule has 1 aliphatic heterocycles. The molecule has 1 saturated heterocycles. The lowest BCUT2D eigenvalue weighted by molar-refractivity contribution is -0.118. The number of halogens is 1. The molecule has 0 atom stereocenters. The Labute approximate surface area is 196 Å². The van der Waals surface area contributed by atoms with Gasteiger partial charge in [0.05, 0.1) is 10.6 Å². The van der Waals surface area contributed by atoms with E-state index in [1.54, 1.807) is 42.5 Å². The Kier molecular flexibility index (Phi) is 6.80. The molecule has 0 radical (unpaired) electrons. The number of aryl methyl sites for hydroxylation is 1. The summed E-state index contributed by atoms with van der Waals surface area (Å²) in [7, 11) is -3.45. The number of benzene rings is 2. The normalized spacial score (nSPS) is 14.4. The maximum atomic E-state index is 12.7. The van der Waals surface area contributed by atoms with Crippen molar-refractivity contribution in [1.82, 2.24) is 9.29 Å². The summed E-state index contributed by atoms with van der Waals surface area (Å²) >= 11 is 7.21. The summed E-state index contributed by atoms with van der Waals surface area (Å²) in [5, 5.41) is 5.58. The molecule has 2 heterocycles. The van der Waals surface area contributed by atoms with Crippen molar-refractivity contribution in [2.24, 2.45) is 0 Å². The molecule has 4 rings (SSSR count). The third-order valence-corrected chi connectivity index (χ3v) is 8.00. The van der Waals surface area contributed by atoms with Crippen molar-refractivity contribution in [3.8, 4) is 17.0 Å². The molecular weight excluding hydrogens is 470 g/mol. The van der Waals surface area contributed by atoms with E-state index in [-0.39, 0.29) is 17.4 Å². The first-order chi connectivity index (χ1) is 15.3. The van der Waals surface area contributed by atoms with Gasteiger partial charge in [-0.3, -0.25) is 10.1 Å². The number of nitrogens with one attached hydrogen (secondary N) is 1. The predicted molar refractivity (Wildman–Crippen MR) is 126 cm³/mol. The second-order valence-electron chi connectivity index (χ2n) is 7.42. The highest BCUT2D eigenvalue weighted by molar-refractivity contribution is 7.89. The van der Waals surface area contributed by atoms with E-state index in [1.165, 1.54) is 15.6 Å². The van der Waals surface area contributed by atoms with E-state index < -0.39 is 10.0 Å². The van der Waals surface area contributed by atoms with E-state index in [4.69, 9.17) is 16.3 Å². The number of anilines is 1. The van der Waals surface area contributed by atoms with Gasteiger partial charge in [0.2, 0.25) is 10.0 Å². The average Bonchev–Trinajstić information content (AvgIpc) is 3.46. The average molecular weight is 492 g/mol. The van der Waals surface area contributed by atoms with Crippen molar-refractivity contribution in [2.45, 2.75) is 24.7 Å². The van der Waals surface area contributed by atoms with Crippen LogP contribution in [0.25, 0.3) is 11.3 Å². The van der Waals surface area contributed by atoms with Crippen LogP contribution >= 0.6 is 22.9 Å². The van der Waals surface area contributed by atoms with Gasteiger partial charge >= 0.3 is 0 Å². The number of hydrogen-bond acceptors (Lipinski definition) is 6. The maximum Gasteiger partial charge on any atom is 0.264 e. The molecule has 2 aromatic carbocycles. The van der Waals surface area contributed by atoms with Crippen LogP contribution < -0.4 is 10.1 Å². The zero-order valence-electron chi connectivity index (χ0n) is 17.4. The number of carbonyl (C=O) groups is 1. The molecule has 7 nitrogen and oxygen atoms in total. The summed E-state index contributed by atoms with van der Waals surface area (Å²) in [6.45, 7) is 2.84. The van der Waals surface area contributed by atoms with Crippen molar-refractivity contribution in [2.75, 3.05) is 25.0 Å². The van der Waals surface area contributed by atoms with Gasteiger partial charge in [-0.1, -0.05) is 23.7 Å². The van der Waals surface area contributed by atoms with E-state index in [2.05, 4.69) is 10.3 Å². The van der Waals surface area contributed by atoms with Gasteiger partial charge < -0.3 is 4.74 Å². The van der Waals surface area contributed by atoms with Crippen molar-refractivity contribution in [1.29, 1.82) is 0 Å². The van der Waals surface area contributed by atoms with E-state index in [9.17, 15) is 13.2 Å². The van der Waals surface area contributed by atoms with Crippen molar-refractivity contribution >= 4 is 44.0 Å². The van der Waals surface area contributed by atoms with E-state index >= 15 is 0 Å². The van der Waals surface area contributed by atoms with Crippen molar-refractivity contribution < 1.29 is 17.9 Å². The SMILES string of the molecule is Cc1cc(Cl)ccc1OCC(=O)Nc1nc(-c2ccc(S(=O)(=O)N3CCCC3)cc2)cs1. The van der Waals surface area contributed by atoms with Gasteiger partial charge in [0.1, 0.15) is 5.75 Å². The van der Waals surface area contributed by atoms with E-state index in [0.29, 0.717) is 34.7 Å². The molecule has 1 aromatic heterocycles. The first kappa shape index (κ1) is 22.7. The van der Waals surface area contributed by atoms with Crippen LogP contribution in [0, 0.1) is 6.92 Å². The van der Waals surface area contributed by atoms with Crippen molar-refractivity contribution in [3.63, 3.8) is 0 Å². The Balaban J connectivity index is 1.37. The molecule has 1 amide bonds. The summed E-state index contributed by atoms with van der Waals surface area (Å²) in [5.74, 6) is 0.264. The van der Waals surface area contributed by atoms with Gasteiger partial charge in [0.25, 0.3) is 5.91 Å². The van der Waals surface area contributed by atoms with Gasteiger partial charge in [-0.2, -0.15) is 4.31 Å². The number of sulfonamides is 1. The zero-order valence-corrected chi connectivity index (χ0v) is 19.8. The molecule has 10 heteroatoms. The Morgan fingerprint density at radius 1 is 1.19 bits per heavy atom. The highest BCUT2D eigenvalue weighted by Gasteiger charge is 2.27. The summed E-state index contributed by atoms with van der Waals surface area (Å²) in [6, 6.07) is 11.9. The van der Waals surface area contributed by atoms with E-state index in [1.807, 2.05) is 12.3 Å². The topological polar surface area (TPSA) is 88.6 Å². The second kappa shape index (κ2) is 9.58. The second-order valence-corrected chi connectivity index (χ2v) is 10.7. The van der Waals surface area contributed by atoms with Gasteiger partial charge in [0.15, 0.2) is 11.7 Å². The summed E-state index contributed by atoms with van der Waals surface area (Å²) in [5.41, 5.74) is 2.28. The van der Waals surface area contributed by atoms with Crippen molar-refractivity contribution in [3.05, 3.63) is 58.4 Å². The molecule has 3 aromatic rings. The molecule has 0 saturated carbocycles. The number of aromatic nitrogens is 1. The van der Waals surface area contributed by atoms with Gasteiger partial charge in [0, 0.05) is 29.1 Å². The van der Waals surface area contributed by atoms with Crippen LogP contribution in [0.3, 0.4) is 0 Å². The fourth-order valence-corrected chi connectivity index (χ4v) is 5.89. The lowest BCUT2D eigenvalue weighted by Gasteiger charge is -2.15. The Bertz CT molecular complexity index is 1220. The summed E-state index contributed by atoms with van der Waals surface area (Å²) in [6.07, 6.45) is 1.80. The number of hydrogen-bond donors (Lipinski definition) is 1. The fraction of sp³-hybridized carbons (Fsp3) is 0.273. The standard InChI is InChI=1S/C22H22ClN3O4S2/c1-15-12-17(23)6-9-20(15)30-13-21(27)25-22-24-19(14-31-22)16-4-7-18(8-5-16)32(28,29)26-10-2-3-11-26/h4-9,12,14H,2-3,10-11,13H2,1H3,(H,24,25,27). The number of rotatable bonds is 7. The monoisotopic (exact) mass is 491 g/mol.